The number of hydrogen-bond donors (Lipinski definition) is 2. The molecule has 0 atom stereocenters. The number of amides is 1. The van der Waals surface area contributed by atoms with Crippen molar-refractivity contribution in [2.75, 3.05) is 11.3 Å². The average molecular weight is 389 g/mol. The van der Waals surface area contributed by atoms with E-state index in [1.807, 2.05) is 13.0 Å². The Morgan fingerprint density at radius 3 is 2.70 bits per heavy atom. The Labute approximate surface area is 155 Å². The van der Waals surface area contributed by atoms with Gasteiger partial charge in [-0.2, -0.15) is 0 Å². The number of H-pyrrole nitrogens is 1. The van der Waals surface area contributed by atoms with Crippen LogP contribution in [0.15, 0.2) is 56.6 Å². The van der Waals surface area contributed by atoms with E-state index in [2.05, 4.69) is 9.71 Å². The molecule has 3 aromatic rings. The third-order valence-corrected chi connectivity index (χ3v) is 5.46. The van der Waals surface area contributed by atoms with E-state index in [1.54, 1.807) is 23.1 Å². The monoisotopic (exact) mass is 389 g/mol. The summed E-state index contributed by atoms with van der Waals surface area (Å²) in [6.45, 7) is 4.32. The number of nitrogens with one attached hydrogen (secondary N) is 2. The first kappa shape index (κ1) is 18.7. The molecule has 27 heavy (non-hydrogen) atoms. The van der Waals surface area contributed by atoms with Gasteiger partial charge in [0.25, 0.3) is 10.0 Å². The van der Waals surface area contributed by atoms with Gasteiger partial charge < -0.3 is 9.32 Å². The SMILES string of the molecule is CCN(Cc1cccc(NS(=O)(=O)c2ccc3[nH]c(=O)oc3c2)c1)C(C)=O. The summed E-state index contributed by atoms with van der Waals surface area (Å²) in [5.74, 6) is -0.698. The number of carbonyl (C=O) groups is 1. The highest BCUT2D eigenvalue weighted by atomic mass is 32.2. The highest BCUT2D eigenvalue weighted by molar-refractivity contribution is 7.92. The van der Waals surface area contributed by atoms with Gasteiger partial charge in [0.05, 0.1) is 10.4 Å². The van der Waals surface area contributed by atoms with Crippen LogP contribution in [0, 0.1) is 0 Å². The highest BCUT2D eigenvalue weighted by Gasteiger charge is 2.17. The predicted molar refractivity (Wildman–Crippen MR) is 101 cm³/mol. The van der Waals surface area contributed by atoms with Crippen LogP contribution in [-0.2, 0) is 21.4 Å². The first-order chi connectivity index (χ1) is 12.8. The maximum atomic E-state index is 12.6. The number of sulfonamides is 1. The average Bonchev–Trinajstić information content (AvgIpc) is 2.98. The summed E-state index contributed by atoms with van der Waals surface area (Å²) in [6, 6.07) is 11.0. The summed E-state index contributed by atoms with van der Waals surface area (Å²) in [5.41, 5.74) is 1.77. The lowest BCUT2D eigenvalue weighted by Gasteiger charge is -2.19. The fourth-order valence-electron chi connectivity index (χ4n) is 2.71. The largest absolute Gasteiger partial charge is 0.417 e. The first-order valence-electron chi connectivity index (χ1n) is 8.28. The number of aromatic amines is 1. The van der Waals surface area contributed by atoms with Crippen molar-refractivity contribution in [2.24, 2.45) is 0 Å². The zero-order valence-electron chi connectivity index (χ0n) is 14.9. The molecular weight excluding hydrogens is 370 g/mol. The van der Waals surface area contributed by atoms with E-state index in [0.717, 1.165) is 5.56 Å². The maximum absolute atomic E-state index is 12.6. The van der Waals surface area contributed by atoms with Gasteiger partial charge in [0.15, 0.2) is 5.58 Å². The van der Waals surface area contributed by atoms with Crippen molar-refractivity contribution in [3.63, 3.8) is 0 Å². The summed E-state index contributed by atoms with van der Waals surface area (Å²) < 4.78 is 32.7. The van der Waals surface area contributed by atoms with Gasteiger partial charge in [0.1, 0.15) is 0 Å². The van der Waals surface area contributed by atoms with Crippen LogP contribution in [0.1, 0.15) is 19.4 Å². The molecule has 1 aromatic heterocycles. The summed E-state index contributed by atoms with van der Waals surface area (Å²) in [6.07, 6.45) is 0. The minimum absolute atomic E-state index is 0.0259. The Hall–Kier alpha value is -3.07. The zero-order chi connectivity index (χ0) is 19.6. The zero-order valence-corrected chi connectivity index (χ0v) is 15.7. The van der Waals surface area contributed by atoms with Crippen LogP contribution in [0.4, 0.5) is 5.69 Å². The molecule has 0 saturated heterocycles. The molecule has 0 unspecified atom stereocenters. The number of anilines is 1. The maximum Gasteiger partial charge on any atom is 0.417 e. The summed E-state index contributed by atoms with van der Waals surface area (Å²) in [7, 11) is -3.87. The number of benzene rings is 2. The second-order valence-electron chi connectivity index (χ2n) is 6.01. The molecule has 0 aliphatic rings. The van der Waals surface area contributed by atoms with Crippen molar-refractivity contribution in [1.29, 1.82) is 0 Å². The Kier molecular flexibility index (Phi) is 5.04. The third-order valence-electron chi connectivity index (χ3n) is 4.08. The summed E-state index contributed by atoms with van der Waals surface area (Å²) in [4.78, 5) is 26.9. The van der Waals surface area contributed by atoms with E-state index in [-0.39, 0.29) is 16.4 Å². The number of aromatic nitrogens is 1. The van der Waals surface area contributed by atoms with Crippen molar-refractivity contribution in [3.8, 4) is 0 Å². The van der Waals surface area contributed by atoms with Gasteiger partial charge in [-0.15, -0.1) is 0 Å². The normalized spacial score (nSPS) is 11.5. The summed E-state index contributed by atoms with van der Waals surface area (Å²) >= 11 is 0. The number of fused-ring (bicyclic) bond motifs is 1. The van der Waals surface area contributed by atoms with Crippen molar-refractivity contribution in [1.82, 2.24) is 9.88 Å². The van der Waals surface area contributed by atoms with E-state index < -0.39 is 15.8 Å². The molecule has 0 saturated carbocycles. The molecule has 1 heterocycles. The third kappa shape index (κ3) is 4.20. The Bertz CT molecular complexity index is 1150. The van der Waals surface area contributed by atoms with Crippen LogP contribution in [0.3, 0.4) is 0 Å². The van der Waals surface area contributed by atoms with Gasteiger partial charge in [-0.05, 0) is 36.8 Å². The fourth-order valence-corrected chi connectivity index (χ4v) is 3.77. The fraction of sp³-hybridized carbons (Fsp3) is 0.222. The van der Waals surface area contributed by atoms with E-state index in [9.17, 15) is 18.0 Å². The van der Waals surface area contributed by atoms with Gasteiger partial charge in [0, 0.05) is 31.8 Å². The quantitative estimate of drug-likeness (QED) is 0.672. The van der Waals surface area contributed by atoms with Crippen LogP contribution in [0.5, 0.6) is 0 Å². The molecule has 0 aliphatic carbocycles. The molecule has 3 rings (SSSR count). The Morgan fingerprint density at radius 1 is 1.22 bits per heavy atom. The van der Waals surface area contributed by atoms with Crippen LogP contribution in [-0.4, -0.2) is 30.8 Å². The van der Waals surface area contributed by atoms with E-state index >= 15 is 0 Å². The molecule has 9 heteroatoms. The van der Waals surface area contributed by atoms with Gasteiger partial charge in [0.2, 0.25) is 5.91 Å². The molecular formula is C18H19N3O5S. The van der Waals surface area contributed by atoms with Gasteiger partial charge >= 0.3 is 5.76 Å². The number of carbonyl (C=O) groups excluding carboxylic acids is 1. The number of oxazole rings is 1. The predicted octanol–water partition coefficient (Wildman–Crippen LogP) is 2.29. The van der Waals surface area contributed by atoms with Crippen LogP contribution >= 0.6 is 0 Å². The number of rotatable bonds is 6. The number of nitrogens with zero attached hydrogens (tertiary/aromatic N) is 1. The molecule has 0 radical (unpaired) electrons. The molecule has 0 bridgehead atoms. The van der Waals surface area contributed by atoms with Crippen molar-refractivity contribution in [2.45, 2.75) is 25.3 Å². The van der Waals surface area contributed by atoms with Gasteiger partial charge in [-0.1, -0.05) is 12.1 Å². The molecule has 8 nitrogen and oxygen atoms in total. The molecule has 1 amide bonds. The molecule has 2 N–H and O–H groups in total. The van der Waals surface area contributed by atoms with Crippen molar-refractivity contribution >= 4 is 32.7 Å². The van der Waals surface area contributed by atoms with Gasteiger partial charge in [-0.3, -0.25) is 14.5 Å². The smallest absolute Gasteiger partial charge is 0.408 e. The van der Waals surface area contributed by atoms with E-state index in [1.165, 1.54) is 25.1 Å². The number of hydrogen-bond acceptors (Lipinski definition) is 5. The van der Waals surface area contributed by atoms with Crippen LogP contribution < -0.4 is 10.5 Å². The molecule has 0 fully saturated rings. The van der Waals surface area contributed by atoms with Crippen LogP contribution in [0.25, 0.3) is 11.1 Å². The minimum Gasteiger partial charge on any atom is -0.408 e. The molecule has 2 aromatic carbocycles. The topological polar surface area (TPSA) is 112 Å². The Balaban J connectivity index is 1.85. The lowest BCUT2D eigenvalue weighted by atomic mass is 10.2. The van der Waals surface area contributed by atoms with E-state index in [4.69, 9.17) is 4.42 Å². The second-order valence-corrected chi connectivity index (χ2v) is 7.69. The standard InChI is InChI=1S/C18H19N3O5S/c1-3-21(12(2)22)11-13-5-4-6-14(9-13)20-27(24,25)15-7-8-16-17(10-15)26-18(23)19-16/h4-10,20H,3,11H2,1-2H3,(H,19,23). The molecule has 0 aliphatic heterocycles. The van der Waals surface area contributed by atoms with Crippen molar-refractivity contribution in [3.05, 3.63) is 58.6 Å². The lowest BCUT2D eigenvalue weighted by molar-refractivity contribution is -0.129. The van der Waals surface area contributed by atoms with Gasteiger partial charge in [-0.25, -0.2) is 13.2 Å². The first-order valence-corrected chi connectivity index (χ1v) is 9.77. The van der Waals surface area contributed by atoms with Crippen molar-refractivity contribution < 1.29 is 17.6 Å². The minimum atomic E-state index is -3.87. The van der Waals surface area contributed by atoms with E-state index in [0.29, 0.717) is 24.3 Å². The summed E-state index contributed by atoms with van der Waals surface area (Å²) in [5, 5.41) is 0. The second kappa shape index (κ2) is 7.28. The Morgan fingerprint density at radius 2 is 2.00 bits per heavy atom. The molecule has 142 valence electrons. The van der Waals surface area contributed by atoms with Crippen LogP contribution in [0.2, 0.25) is 0 Å². The lowest BCUT2D eigenvalue weighted by Crippen LogP contribution is -2.27. The highest BCUT2D eigenvalue weighted by Crippen LogP contribution is 2.21. The molecule has 0 spiro atoms.